The van der Waals surface area contributed by atoms with Crippen molar-refractivity contribution in [1.82, 2.24) is 9.91 Å². The summed E-state index contributed by atoms with van der Waals surface area (Å²) in [5.41, 5.74) is 2.50. The van der Waals surface area contributed by atoms with E-state index >= 15 is 0 Å². The zero-order valence-electron chi connectivity index (χ0n) is 18.9. The predicted octanol–water partition coefficient (Wildman–Crippen LogP) is 2.88. The smallest absolute Gasteiger partial charge is 0.262 e. The van der Waals surface area contributed by atoms with Gasteiger partial charge >= 0.3 is 0 Å². The fourth-order valence-corrected chi connectivity index (χ4v) is 3.66. The molecule has 1 aliphatic heterocycles. The maximum absolute atomic E-state index is 13.3. The van der Waals surface area contributed by atoms with Crippen LogP contribution in [0.25, 0.3) is 0 Å². The molecule has 1 aliphatic rings. The van der Waals surface area contributed by atoms with Gasteiger partial charge in [-0.1, -0.05) is 30.3 Å². The first-order chi connectivity index (χ1) is 15.5. The minimum atomic E-state index is -0.276. The lowest BCUT2D eigenvalue weighted by Gasteiger charge is -2.26. The quantitative estimate of drug-likeness (QED) is 0.600. The zero-order valence-corrected chi connectivity index (χ0v) is 18.9. The van der Waals surface area contributed by atoms with Crippen molar-refractivity contribution in [3.63, 3.8) is 0 Å². The molecule has 2 aromatic rings. The summed E-state index contributed by atoms with van der Waals surface area (Å²) in [6, 6.07) is 15.0. The summed E-state index contributed by atoms with van der Waals surface area (Å²) in [5, 5.41) is 6.17. The highest BCUT2D eigenvalue weighted by molar-refractivity contribution is 6.05. The molecule has 3 rings (SSSR count). The Balaban J connectivity index is 1.93. The van der Waals surface area contributed by atoms with E-state index in [1.165, 1.54) is 16.8 Å². The largest absolute Gasteiger partial charge is 0.497 e. The van der Waals surface area contributed by atoms with Crippen LogP contribution in [0.5, 0.6) is 11.5 Å². The average molecular weight is 440 g/mol. The second-order valence-electron chi connectivity index (χ2n) is 7.42. The minimum absolute atomic E-state index is 0.0709. The van der Waals surface area contributed by atoms with Crippen molar-refractivity contribution in [3.05, 3.63) is 59.7 Å². The maximum atomic E-state index is 13.3. The van der Waals surface area contributed by atoms with Gasteiger partial charge in [-0.25, -0.2) is 5.01 Å². The number of methoxy groups -OCH3 is 3. The number of carbonyl (C=O) groups is 2. The molecular weight excluding hydrogens is 410 g/mol. The minimum Gasteiger partial charge on any atom is -0.497 e. The Hall–Kier alpha value is -3.39. The second kappa shape index (κ2) is 10.8. The molecule has 1 heterocycles. The molecule has 0 aromatic heterocycles. The van der Waals surface area contributed by atoms with Crippen molar-refractivity contribution in [2.75, 3.05) is 41.0 Å². The summed E-state index contributed by atoms with van der Waals surface area (Å²) in [7, 11) is 4.74. The van der Waals surface area contributed by atoms with Gasteiger partial charge in [0.25, 0.3) is 5.91 Å². The van der Waals surface area contributed by atoms with Crippen molar-refractivity contribution in [2.24, 2.45) is 5.10 Å². The third kappa shape index (κ3) is 5.26. The number of hydrazone groups is 1. The summed E-state index contributed by atoms with van der Waals surface area (Å²) in [6.45, 7) is 2.06. The number of amides is 2. The average Bonchev–Trinajstić information content (AvgIpc) is 3.27. The summed E-state index contributed by atoms with van der Waals surface area (Å²) in [5.74, 6) is 0.848. The Morgan fingerprint density at radius 3 is 2.47 bits per heavy atom. The molecule has 32 heavy (non-hydrogen) atoms. The Morgan fingerprint density at radius 1 is 1.09 bits per heavy atom. The zero-order chi connectivity index (χ0) is 23.1. The molecule has 0 unspecified atom stereocenters. The fraction of sp³-hybridized carbons (Fsp3) is 0.375. The number of rotatable bonds is 9. The molecule has 1 atom stereocenters. The normalized spacial score (nSPS) is 15.3. The highest BCUT2D eigenvalue weighted by atomic mass is 16.5. The van der Waals surface area contributed by atoms with Crippen molar-refractivity contribution >= 4 is 17.5 Å². The van der Waals surface area contributed by atoms with E-state index in [4.69, 9.17) is 14.2 Å². The molecule has 8 heteroatoms. The van der Waals surface area contributed by atoms with Gasteiger partial charge in [0.1, 0.15) is 18.0 Å². The molecule has 8 nitrogen and oxygen atoms in total. The molecule has 170 valence electrons. The van der Waals surface area contributed by atoms with E-state index in [0.29, 0.717) is 31.1 Å². The lowest BCUT2D eigenvalue weighted by Crippen LogP contribution is -2.41. The first-order valence-corrected chi connectivity index (χ1v) is 10.4. The van der Waals surface area contributed by atoms with Gasteiger partial charge in [-0.05, 0) is 17.7 Å². The number of ether oxygens (including phenoxy) is 3. The lowest BCUT2D eigenvalue weighted by atomic mass is 9.98. The molecule has 0 saturated heterocycles. The summed E-state index contributed by atoms with van der Waals surface area (Å²) < 4.78 is 15.9. The summed E-state index contributed by atoms with van der Waals surface area (Å²) >= 11 is 0. The summed E-state index contributed by atoms with van der Waals surface area (Å²) in [6.07, 6.45) is 0.524. The van der Waals surface area contributed by atoms with Crippen molar-refractivity contribution < 1.29 is 23.8 Å². The Morgan fingerprint density at radius 2 is 1.84 bits per heavy atom. The summed E-state index contributed by atoms with van der Waals surface area (Å²) in [4.78, 5) is 26.8. The number of hydrogen-bond donors (Lipinski definition) is 0. The van der Waals surface area contributed by atoms with Crippen LogP contribution < -0.4 is 9.47 Å². The van der Waals surface area contributed by atoms with E-state index in [1.54, 1.807) is 27.4 Å². The number of benzene rings is 2. The third-order valence-electron chi connectivity index (χ3n) is 5.41. The number of carbonyl (C=O) groups excluding carboxylic acids is 2. The standard InChI is InChI=1S/C24H29N3O5/c1-17(28)26(12-13-30-2)16-24(29)27-22(18-8-6-5-7-9-18)15-21(25-27)20-11-10-19(31-3)14-23(20)32-4/h5-11,14,22H,12-13,15-16H2,1-4H3/t22-/m0/s1. The molecular formula is C24H29N3O5. The number of nitrogens with zero attached hydrogens (tertiary/aromatic N) is 3. The third-order valence-corrected chi connectivity index (χ3v) is 5.41. The van der Waals surface area contributed by atoms with E-state index in [2.05, 4.69) is 5.10 Å². The van der Waals surface area contributed by atoms with E-state index in [1.807, 2.05) is 42.5 Å². The van der Waals surface area contributed by atoms with Crippen LogP contribution in [0, 0.1) is 0 Å². The van der Waals surface area contributed by atoms with Crippen molar-refractivity contribution in [3.8, 4) is 11.5 Å². The first kappa shape index (κ1) is 23.3. The highest BCUT2D eigenvalue weighted by Crippen LogP contribution is 2.36. The lowest BCUT2D eigenvalue weighted by molar-refractivity contribution is -0.141. The van der Waals surface area contributed by atoms with Crippen LogP contribution >= 0.6 is 0 Å². The van der Waals surface area contributed by atoms with E-state index < -0.39 is 0 Å². The van der Waals surface area contributed by atoms with Gasteiger partial charge < -0.3 is 19.1 Å². The van der Waals surface area contributed by atoms with E-state index in [0.717, 1.165) is 16.8 Å². The van der Waals surface area contributed by atoms with E-state index in [9.17, 15) is 9.59 Å². The molecule has 0 spiro atoms. The van der Waals surface area contributed by atoms with Gasteiger partial charge in [0, 0.05) is 38.6 Å². The Bertz CT molecular complexity index is 977. The van der Waals surface area contributed by atoms with Gasteiger partial charge in [-0.2, -0.15) is 5.10 Å². The topological polar surface area (TPSA) is 80.7 Å². The van der Waals surface area contributed by atoms with Gasteiger partial charge in [0.15, 0.2) is 0 Å². The molecule has 2 amide bonds. The van der Waals surface area contributed by atoms with Crippen LogP contribution in [0.2, 0.25) is 0 Å². The Labute approximate surface area is 188 Å². The van der Waals surface area contributed by atoms with Gasteiger partial charge in [0.05, 0.1) is 32.6 Å². The van der Waals surface area contributed by atoms with Crippen LogP contribution in [0.3, 0.4) is 0 Å². The first-order valence-electron chi connectivity index (χ1n) is 10.4. The Kier molecular flexibility index (Phi) is 7.83. The van der Waals surface area contributed by atoms with Crippen molar-refractivity contribution in [1.29, 1.82) is 0 Å². The highest BCUT2D eigenvalue weighted by Gasteiger charge is 2.34. The van der Waals surface area contributed by atoms with Crippen LogP contribution in [0.4, 0.5) is 0 Å². The van der Waals surface area contributed by atoms with Crippen LogP contribution in [0.1, 0.15) is 30.5 Å². The molecule has 0 fully saturated rings. The number of hydrogen-bond acceptors (Lipinski definition) is 6. The van der Waals surface area contributed by atoms with E-state index in [-0.39, 0.29) is 24.4 Å². The molecule has 0 saturated carbocycles. The second-order valence-corrected chi connectivity index (χ2v) is 7.42. The predicted molar refractivity (Wildman–Crippen MR) is 121 cm³/mol. The van der Waals surface area contributed by atoms with Gasteiger partial charge in [0.2, 0.25) is 5.91 Å². The molecule has 2 aromatic carbocycles. The molecule has 0 radical (unpaired) electrons. The fourth-order valence-electron chi connectivity index (χ4n) is 3.66. The van der Waals surface area contributed by atoms with Crippen LogP contribution in [-0.2, 0) is 14.3 Å². The van der Waals surface area contributed by atoms with Gasteiger partial charge in [-0.15, -0.1) is 0 Å². The molecule has 0 N–H and O–H groups in total. The van der Waals surface area contributed by atoms with Gasteiger partial charge in [-0.3, -0.25) is 9.59 Å². The van der Waals surface area contributed by atoms with Crippen LogP contribution in [0.15, 0.2) is 53.6 Å². The van der Waals surface area contributed by atoms with Crippen molar-refractivity contribution in [2.45, 2.75) is 19.4 Å². The monoisotopic (exact) mass is 439 g/mol. The molecule has 0 aliphatic carbocycles. The maximum Gasteiger partial charge on any atom is 0.262 e. The van der Waals surface area contributed by atoms with Crippen LogP contribution in [-0.4, -0.2) is 68.5 Å². The SMILES string of the molecule is COCCN(CC(=O)N1N=C(c2ccc(OC)cc2OC)C[C@H]1c1ccccc1)C(C)=O. The molecule has 0 bridgehead atoms.